The molecule has 0 fully saturated rings. The molecule has 1 amide bonds. The van der Waals surface area contributed by atoms with Crippen molar-refractivity contribution in [1.82, 2.24) is 9.55 Å². The molecular weight excluding hydrogens is 382 g/mol. The van der Waals surface area contributed by atoms with Crippen molar-refractivity contribution in [2.75, 3.05) is 5.32 Å². The molecule has 0 saturated carbocycles. The second kappa shape index (κ2) is 7.64. The highest BCUT2D eigenvalue weighted by atomic mass is 32.1. The summed E-state index contributed by atoms with van der Waals surface area (Å²) in [5, 5.41) is 5.37. The van der Waals surface area contributed by atoms with Crippen molar-refractivity contribution in [3.63, 3.8) is 0 Å². The average molecular weight is 404 g/mol. The van der Waals surface area contributed by atoms with Crippen LogP contribution in [0.1, 0.15) is 24.1 Å². The van der Waals surface area contributed by atoms with Crippen LogP contribution in [0.2, 0.25) is 0 Å². The van der Waals surface area contributed by atoms with Crippen LogP contribution in [0.5, 0.6) is 0 Å². The fraction of sp³-hybridized carbons (Fsp3) is 0.174. The lowest BCUT2D eigenvalue weighted by Gasteiger charge is -2.15. The van der Waals surface area contributed by atoms with Gasteiger partial charge in [-0.25, -0.2) is 4.98 Å². The van der Waals surface area contributed by atoms with Gasteiger partial charge in [0.25, 0.3) is 5.56 Å². The predicted molar refractivity (Wildman–Crippen MR) is 119 cm³/mol. The summed E-state index contributed by atoms with van der Waals surface area (Å²) in [6.07, 6.45) is 1.46. The maximum atomic E-state index is 13.3. The molecule has 1 atom stereocenters. The number of anilines is 1. The maximum Gasteiger partial charge on any atom is 0.263 e. The molecule has 0 unspecified atom stereocenters. The second-order valence-corrected chi connectivity index (χ2v) is 7.99. The molecule has 0 aliphatic rings. The maximum absolute atomic E-state index is 13.3. The van der Waals surface area contributed by atoms with Gasteiger partial charge in [-0.1, -0.05) is 42.0 Å². The van der Waals surface area contributed by atoms with Crippen LogP contribution in [-0.4, -0.2) is 15.5 Å². The summed E-state index contributed by atoms with van der Waals surface area (Å²) >= 11 is 1.44. The fourth-order valence-electron chi connectivity index (χ4n) is 3.43. The van der Waals surface area contributed by atoms with Gasteiger partial charge in [-0.2, -0.15) is 0 Å². The molecule has 0 radical (unpaired) electrons. The third-order valence-corrected chi connectivity index (χ3v) is 5.92. The van der Waals surface area contributed by atoms with Gasteiger partial charge >= 0.3 is 0 Å². The summed E-state index contributed by atoms with van der Waals surface area (Å²) in [6, 6.07) is 14.7. The zero-order chi connectivity index (χ0) is 20.5. The van der Waals surface area contributed by atoms with E-state index in [-0.39, 0.29) is 11.5 Å². The van der Waals surface area contributed by atoms with Gasteiger partial charge in [0.2, 0.25) is 5.91 Å². The molecule has 4 rings (SSSR count). The van der Waals surface area contributed by atoms with Gasteiger partial charge < -0.3 is 5.32 Å². The van der Waals surface area contributed by atoms with Gasteiger partial charge in [-0.3, -0.25) is 14.2 Å². The summed E-state index contributed by atoms with van der Waals surface area (Å²) in [5.41, 5.74) is 4.65. The Bertz CT molecular complexity index is 1260. The number of rotatable bonds is 4. The van der Waals surface area contributed by atoms with Gasteiger partial charge in [0.1, 0.15) is 10.9 Å². The zero-order valence-electron chi connectivity index (χ0n) is 16.5. The SMILES string of the molecule is Cc1ccc(-c2csc3ncn([C@@H](C)C(=O)Nc4ccccc4)c(=O)c23)c(C)c1. The number of nitrogens with one attached hydrogen (secondary N) is 1. The number of carbonyl (C=O) groups excluding carboxylic acids is 1. The first-order chi connectivity index (χ1) is 14.0. The number of amides is 1. The van der Waals surface area contributed by atoms with E-state index in [1.807, 2.05) is 61.7 Å². The van der Waals surface area contributed by atoms with E-state index in [4.69, 9.17) is 0 Å². The van der Waals surface area contributed by atoms with Crippen molar-refractivity contribution in [2.45, 2.75) is 26.8 Å². The standard InChI is InChI=1S/C23H21N3O2S/c1-14-9-10-18(15(2)11-14)19-12-29-22-20(19)23(28)26(13-24-22)16(3)21(27)25-17-7-5-4-6-8-17/h4-13,16H,1-3H3,(H,25,27)/t16-/m0/s1. The minimum atomic E-state index is -0.688. The monoisotopic (exact) mass is 403 g/mol. The van der Waals surface area contributed by atoms with E-state index in [2.05, 4.69) is 16.4 Å². The molecule has 0 aliphatic heterocycles. The number of aromatic nitrogens is 2. The molecule has 0 saturated heterocycles. The first kappa shape index (κ1) is 19.1. The van der Waals surface area contributed by atoms with Crippen molar-refractivity contribution in [3.05, 3.63) is 81.7 Å². The molecule has 0 bridgehead atoms. The lowest BCUT2D eigenvalue weighted by atomic mass is 9.99. The Morgan fingerprint density at radius 1 is 1.10 bits per heavy atom. The van der Waals surface area contributed by atoms with Crippen LogP contribution in [-0.2, 0) is 4.79 Å². The molecule has 0 spiro atoms. The fourth-order valence-corrected chi connectivity index (χ4v) is 4.33. The van der Waals surface area contributed by atoms with Crippen LogP contribution in [0.3, 0.4) is 0 Å². The number of hydrogen-bond donors (Lipinski definition) is 1. The minimum Gasteiger partial charge on any atom is -0.324 e. The lowest BCUT2D eigenvalue weighted by Crippen LogP contribution is -2.31. The number of fused-ring (bicyclic) bond motifs is 1. The summed E-state index contributed by atoms with van der Waals surface area (Å²) < 4.78 is 1.40. The Labute approximate surface area is 172 Å². The predicted octanol–water partition coefficient (Wildman–Crippen LogP) is 4.94. The highest BCUT2D eigenvalue weighted by molar-refractivity contribution is 7.17. The number of nitrogens with zero attached hydrogens (tertiary/aromatic N) is 2. The van der Waals surface area contributed by atoms with Crippen molar-refractivity contribution in [2.24, 2.45) is 0 Å². The molecule has 2 heterocycles. The molecule has 5 nitrogen and oxygen atoms in total. The van der Waals surface area contributed by atoms with Crippen LogP contribution in [0.4, 0.5) is 5.69 Å². The largest absolute Gasteiger partial charge is 0.324 e. The molecule has 1 N–H and O–H groups in total. The minimum absolute atomic E-state index is 0.207. The topological polar surface area (TPSA) is 64.0 Å². The van der Waals surface area contributed by atoms with Gasteiger partial charge in [-0.05, 0) is 44.0 Å². The summed E-state index contributed by atoms with van der Waals surface area (Å²) in [5.74, 6) is -0.261. The van der Waals surface area contributed by atoms with E-state index in [0.29, 0.717) is 15.9 Å². The summed E-state index contributed by atoms with van der Waals surface area (Å²) in [4.78, 5) is 31.1. The van der Waals surface area contributed by atoms with Crippen LogP contribution in [0.15, 0.2) is 65.0 Å². The molecule has 2 aromatic carbocycles. The molecule has 0 aliphatic carbocycles. The van der Waals surface area contributed by atoms with Crippen molar-refractivity contribution in [3.8, 4) is 11.1 Å². The number of benzene rings is 2. The van der Waals surface area contributed by atoms with E-state index in [1.54, 1.807) is 6.92 Å². The Morgan fingerprint density at radius 3 is 2.59 bits per heavy atom. The van der Waals surface area contributed by atoms with Crippen LogP contribution in [0.25, 0.3) is 21.3 Å². The first-order valence-electron chi connectivity index (χ1n) is 9.37. The van der Waals surface area contributed by atoms with E-state index < -0.39 is 6.04 Å². The third-order valence-electron chi connectivity index (χ3n) is 5.03. The molecule has 6 heteroatoms. The molecule has 4 aromatic rings. The van der Waals surface area contributed by atoms with E-state index in [0.717, 1.165) is 16.7 Å². The molecular formula is C23H21N3O2S. The average Bonchev–Trinajstić information content (AvgIpc) is 3.13. The van der Waals surface area contributed by atoms with E-state index in [9.17, 15) is 9.59 Å². The Hall–Kier alpha value is -3.25. The van der Waals surface area contributed by atoms with Crippen LogP contribution in [0, 0.1) is 13.8 Å². The molecule has 29 heavy (non-hydrogen) atoms. The van der Waals surface area contributed by atoms with Crippen LogP contribution < -0.4 is 10.9 Å². The summed E-state index contributed by atoms with van der Waals surface area (Å²) in [6.45, 7) is 5.79. The van der Waals surface area contributed by atoms with Gasteiger partial charge in [0.05, 0.1) is 11.7 Å². The number of thiophene rings is 1. The molecule has 2 aromatic heterocycles. The van der Waals surface area contributed by atoms with E-state index >= 15 is 0 Å². The van der Waals surface area contributed by atoms with Crippen molar-refractivity contribution < 1.29 is 4.79 Å². The normalized spacial score (nSPS) is 12.1. The highest BCUT2D eigenvalue weighted by Crippen LogP contribution is 2.33. The smallest absolute Gasteiger partial charge is 0.263 e. The number of aryl methyl sites for hydroxylation is 2. The van der Waals surface area contributed by atoms with Crippen molar-refractivity contribution >= 4 is 33.1 Å². The highest BCUT2D eigenvalue weighted by Gasteiger charge is 2.21. The second-order valence-electron chi connectivity index (χ2n) is 7.14. The Morgan fingerprint density at radius 2 is 1.86 bits per heavy atom. The Kier molecular flexibility index (Phi) is 5.03. The zero-order valence-corrected chi connectivity index (χ0v) is 17.3. The number of carbonyl (C=O) groups is 1. The van der Waals surface area contributed by atoms with Crippen molar-refractivity contribution in [1.29, 1.82) is 0 Å². The van der Waals surface area contributed by atoms with Gasteiger partial charge in [0.15, 0.2) is 0 Å². The number of para-hydroxylation sites is 1. The van der Waals surface area contributed by atoms with Gasteiger partial charge in [0, 0.05) is 16.6 Å². The molecule has 146 valence electrons. The third kappa shape index (κ3) is 3.59. The Balaban J connectivity index is 1.76. The summed E-state index contributed by atoms with van der Waals surface area (Å²) in [7, 11) is 0. The lowest BCUT2D eigenvalue weighted by molar-refractivity contribution is -0.118. The van der Waals surface area contributed by atoms with Gasteiger partial charge in [-0.15, -0.1) is 11.3 Å². The van der Waals surface area contributed by atoms with E-state index in [1.165, 1.54) is 27.8 Å². The quantitative estimate of drug-likeness (QED) is 0.525. The first-order valence-corrected chi connectivity index (χ1v) is 10.3. The number of hydrogen-bond acceptors (Lipinski definition) is 4. The van der Waals surface area contributed by atoms with Crippen LogP contribution >= 0.6 is 11.3 Å².